The fourth-order valence-electron chi connectivity index (χ4n) is 2.60. The molecule has 2 rings (SSSR count). The van der Waals surface area contributed by atoms with Crippen LogP contribution in [0.2, 0.25) is 0 Å². The summed E-state index contributed by atoms with van der Waals surface area (Å²) in [5.74, 6) is -0.938. The van der Waals surface area contributed by atoms with Gasteiger partial charge in [-0.05, 0) is 18.9 Å². The Morgan fingerprint density at radius 3 is 2.96 bits per heavy atom. The first-order chi connectivity index (χ1) is 11.1. The Kier molecular flexibility index (Phi) is 6.55. The van der Waals surface area contributed by atoms with Crippen LogP contribution in [0.3, 0.4) is 0 Å². The summed E-state index contributed by atoms with van der Waals surface area (Å²) in [6, 6.07) is 7.97. The number of aryl methyl sites for hydroxylation is 1. The molecule has 0 aromatic heterocycles. The van der Waals surface area contributed by atoms with Crippen LogP contribution in [0.1, 0.15) is 11.1 Å². The number of ether oxygens (including phenoxy) is 2. The lowest BCUT2D eigenvalue weighted by atomic mass is 9.98. The van der Waals surface area contributed by atoms with Crippen molar-refractivity contribution in [3.05, 3.63) is 35.4 Å². The summed E-state index contributed by atoms with van der Waals surface area (Å²) in [4.78, 5) is 24.1. The fourth-order valence-corrected chi connectivity index (χ4v) is 2.60. The van der Waals surface area contributed by atoms with Gasteiger partial charge in [0.15, 0.2) is 0 Å². The number of hydrogen-bond donors (Lipinski definition) is 2. The molecular formula is C17H24N2O4. The van der Waals surface area contributed by atoms with Crippen molar-refractivity contribution in [3.63, 3.8) is 0 Å². The molecule has 1 aliphatic heterocycles. The van der Waals surface area contributed by atoms with E-state index in [-0.39, 0.29) is 18.4 Å². The third kappa shape index (κ3) is 5.33. The van der Waals surface area contributed by atoms with Crippen LogP contribution in [0.5, 0.6) is 0 Å². The van der Waals surface area contributed by atoms with E-state index in [1.165, 1.54) is 7.11 Å². The third-order valence-electron chi connectivity index (χ3n) is 3.84. The third-order valence-corrected chi connectivity index (χ3v) is 3.84. The summed E-state index contributed by atoms with van der Waals surface area (Å²) in [7, 11) is 1.36. The van der Waals surface area contributed by atoms with Crippen LogP contribution in [0, 0.1) is 12.8 Å². The molecule has 2 N–H and O–H groups in total. The van der Waals surface area contributed by atoms with Gasteiger partial charge >= 0.3 is 5.97 Å². The first-order valence-corrected chi connectivity index (χ1v) is 7.83. The van der Waals surface area contributed by atoms with E-state index in [4.69, 9.17) is 9.47 Å². The molecule has 126 valence electrons. The molecule has 1 aliphatic rings. The van der Waals surface area contributed by atoms with Crippen molar-refractivity contribution in [2.75, 3.05) is 33.4 Å². The molecule has 1 aromatic rings. The predicted octanol–water partition coefficient (Wildman–Crippen LogP) is 0.431. The first-order valence-electron chi connectivity index (χ1n) is 7.83. The Balaban J connectivity index is 1.93. The van der Waals surface area contributed by atoms with Gasteiger partial charge in [-0.15, -0.1) is 0 Å². The van der Waals surface area contributed by atoms with Crippen LogP contribution in [-0.2, 0) is 25.5 Å². The molecule has 2 unspecified atom stereocenters. The highest BCUT2D eigenvalue weighted by molar-refractivity contribution is 5.82. The van der Waals surface area contributed by atoms with Gasteiger partial charge in [-0.1, -0.05) is 29.8 Å². The van der Waals surface area contributed by atoms with Crippen molar-refractivity contribution in [2.45, 2.75) is 19.4 Å². The molecule has 1 saturated heterocycles. The molecule has 0 radical (unpaired) electrons. The van der Waals surface area contributed by atoms with Gasteiger partial charge in [0, 0.05) is 19.6 Å². The summed E-state index contributed by atoms with van der Waals surface area (Å²) in [5.41, 5.74) is 2.18. The Morgan fingerprint density at radius 1 is 1.48 bits per heavy atom. The summed E-state index contributed by atoms with van der Waals surface area (Å²) in [6.45, 7) is 4.00. The van der Waals surface area contributed by atoms with Crippen molar-refractivity contribution >= 4 is 11.9 Å². The van der Waals surface area contributed by atoms with Crippen molar-refractivity contribution in [2.24, 2.45) is 5.92 Å². The number of morpholine rings is 1. The largest absolute Gasteiger partial charge is 0.469 e. The van der Waals surface area contributed by atoms with Crippen molar-refractivity contribution in [1.29, 1.82) is 0 Å². The van der Waals surface area contributed by atoms with Gasteiger partial charge in [0.25, 0.3) is 0 Å². The van der Waals surface area contributed by atoms with Crippen molar-refractivity contribution in [1.82, 2.24) is 10.6 Å². The molecule has 1 heterocycles. The summed E-state index contributed by atoms with van der Waals surface area (Å²) in [5, 5.41) is 5.90. The van der Waals surface area contributed by atoms with Gasteiger partial charge in [0.1, 0.15) is 6.10 Å². The molecular weight excluding hydrogens is 296 g/mol. The lowest BCUT2D eigenvalue weighted by Crippen LogP contribution is -2.49. The van der Waals surface area contributed by atoms with Crippen LogP contribution in [-0.4, -0.2) is 51.3 Å². The highest BCUT2D eigenvalue weighted by Gasteiger charge is 2.25. The van der Waals surface area contributed by atoms with Gasteiger partial charge in [-0.3, -0.25) is 9.59 Å². The SMILES string of the molecule is COC(=O)C(CNC(=O)C1CNCCO1)Cc1cccc(C)c1. The number of amides is 1. The highest BCUT2D eigenvalue weighted by atomic mass is 16.5. The maximum absolute atomic E-state index is 12.1. The van der Waals surface area contributed by atoms with Crippen LogP contribution >= 0.6 is 0 Å². The van der Waals surface area contributed by atoms with E-state index in [2.05, 4.69) is 10.6 Å². The Morgan fingerprint density at radius 2 is 2.30 bits per heavy atom. The molecule has 1 amide bonds. The second kappa shape index (κ2) is 8.64. The van der Waals surface area contributed by atoms with E-state index in [0.717, 1.165) is 17.7 Å². The average molecular weight is 320 g/mol. The lowest BCUT2D eigenvalue weighted by molar-refractivity contribution is -0.145. The summed E-state index contributed by atoms with van der Waals surface area (Å²) < 4.78 is 10.3. The second-order valence-electron chi connectivity index (χ2n) is 5.72. The maximum atomic E-state index is 12.1. The highest BCUT2D eigenvalue weighted by Crippen LogP contribution is 2.12. The van der Waals surface area contributed by atoms with Crippen molar-refractivity contribution < 1.29 is 19.1 Å². The number of esters is 1. The van der Waals surface area contributed by atoms with E-state index < -0.39 is 12.0 Å². The molecule has 0 bridgehead atoms. The summed E-state index contributed by atoms with van der Waals surface area (Å²) >= 11 is 0. The molecule has 1 aromatic carbocycles. The minimum absolute atomic E-state index is 0.199. The minimum atomic E-state index is -0.499. The van der Waals surface area contributed by atoms with Crippen LogP contribution < -0.4 is 10.6 Å². The van der Waals surface area contributed by atoms with E-state index in [1.807, 2.05) is 31.2 Å². The Hall–Kier alpha value is -1.92. The van der Waals surface area contributed by atoms with Crippen LogP contribution in [0.15, 0.2) is 24.3 Å². The number of methoxy groups -OCH3 is 1. The number of carbonyl (C=O) groups excluding carboxylic acids is 2. The van der Waals surface area contributed by atoms with Crippen LogP contribution in [0.25, 0.3) is 0 Å². The quantitative estimate of drug-likeness (QED) is 0.744. The number of hydrogen-bond acceptors (Lipinski definition) is 5. The standard InChI is InChI=1S/C17H24N2O4/c1-12-4-3-5-13(8-12)9-14(17(21)22-2)10-19-16(20)15-11-18-6-7-23-15/h3-5,8,14-15,18H,6-7,9-11H2,1-2H3,(H,19,20). The van der Waals surface area contributed by atoms with E-state index in [1.54, 1.807) is 0 Å². The van der Waals surface area contributed by atoms with Crippen molar-refractivity contribution in [3.8, 4) is 0 Å². The van der Waals surface area contributed by atoms with Gasteiger partial charge in [-0.2, -0.15) is 0 Å². The fraction of sp³-hybridized carbons (Fsp3) is 0.529. The number of benzene rings is 1. The van der Waals surface area contributed by atoms with E-state index in [9.17, 15) is 9.59 Å². The zero-order chi connectivity index (χ0) is 16.7. The molecule has 1 fully saturated rings. The number of carbonyl (C=O) groups is 2. The minimum Gasteiger partial charge on any atom is -0.469 e. The topological polar surface area (TPSA) is 76.7 Å². The molecule has 2 atom stereocenters. The summed E-state index contributed by atoms with van der Waals surface area (Å²) in [6.07, 6.45) is 0.0271. The average Bonchev–Trinajstić information content (AvgIpc) is 2.58. The zero-order valence-electron chi connectivity index (χ0n) is 13.6. The number of rotatable bonds is 6. The smallest absolute Gasteiger partial charge is 0.310 e. The number of nitrogens with one attached hydrogen (secondary N) is 2. The Labute approximate surface area is 136 Å². The zero-order valence-corrected chi connectivity index (χ0v) is 13.6. The molecule has 0 saturated carbocycles. The van der Waals surface area contributed by atoms with E-state index in [0.29, 0.717) is 19.6 Å². The first kappa shape index (κ1) is 17.4. The molecule has 0 spiro atoms. The van der Waals surface area contributed by atoms with Gasteiger partial charge in [0.05, 0.1) is 19.6 Å². The van der Waals surface area contributed by atoms with Gasteiger partial charge in [0.2, 0.25) is 5.91 Å². The monoisotopic (exact) mass is 320 g/mol. The Bertz CT molecular complexity index is 541. The maximum Gasteiger partial charge on any atom is 0.310 e. The molecule has 0 aliphatic carbocycles. The predicted molar refractivity (Wildman–Crippen MR) is 86.0 cm³/mol. The molecule has 6 heteroatoms. The normalized spacial score (nSPS) is 19.0. The second-order valence-corrected chi connectivity index (χ2v) is 5.72. The lowest BCUT2D eigenvalue weighted by Gasteiger charge is -2.23. The molecule has 6 nitrogen and oxygen atoms in total. The molecule has 23 heavy (non-hydrogen) atoms. The van der Waals surface area contributed by atoms with Gasteiger partial charge < -0.3 is 20.1 Å². The van der Waals surface area contributed by atoms with Gasteiger partial charge in [-0.25, -0.2) is 0 Å². The van der Waals surface area contributed by atoms with Crippen LogP contribution in [0.4, 0.5) is 0 Å². The van der Waals surface area contributed by atoms with E-state index >= 15 is 0 Å².